The fourth-order valence-corrected chi connectivity index (χ4v) is 3.20. The van der Waals surface area contributed by atoms with E-state index in [0.29, 0.717) is 0 Å². The van der Waals surface area contributed by atoms with Crippen LogP contribution in [-0.4, -0.2) is 16.8 Å². The zero-order valence-electron chi connectivity index (χ0n) is 9.90. The van der Waals surface area contributed by atoms with Crippen LogP contribution in [0.1, 0.15) is 5.56 Å². The highest BCUT2D eigenvalue weighted by Crippen LogP contribution is 2.24. The van der Waals surface area contributed by atoms with Crippen LogP contribution in [0.4, 0.5) is 0 Å². The molecule has 0 aliphatic heterocycles. The lowest BCUT2D eigenvalue weighted by atomic mass is 10.2. The van der Waals surface area contributed by atoms with Gasteiger partial charge in [0.1, 0.15) is 11.2 Å². The molecule has 0 bridgehead atoms. The number of hydrogen-bond donors (Lipinski definition) is 1. The molecule has 102 valence electrons. The van der Waals surface area contributed by atoms with Gasteiger partial charge in [0.05, 0.1) is 4.90 Å². The van der Waals surface area contributed by atoms with Crippen molar-refractivity contribution in [3.63, 3.8) is 0 Å². The van der Waals surface area contributed by atoms with Gasteiger partial charge in [-0.25, -0.2) is 22.0 Å². The fourth-order valence-electron chi connectivity index (χ4n) is 1.44. The minimum Gasteiger partial charge on any atom is -0.450 e. The third kappa shape index (κ3) is 2.70. The standard InChI is InChI=1S/C11H11NO5S2/c1-8-2-4-9(5-3-8)18(13,14)10-6-11(17-7-10)19(12,15)16/h2-7H,1H3,(H2,12,15,16). The summed E-state index contributed by atoms with van der Waals surface area (Å²) in [5.74, 6) is 0. The Bertz CT molecular complexity index is 801. The smallest absolute Gasteiger partial charge is 0.271 e. The van der Waals surface area contributed by atoms with Gasteiger partial charge in [0.25, 0.3) is 10.0 Å². The molecule has 1 aromatic heterocycles. The summed E-state index contributed by atoms with van der Waals surface area (Å²) in [5.41, 5.74) is 0.913. The van der Waals surface area contributed by atoms with Gasteiger partial charge in [-0.05, 0) is 19.1 Å². The summed E-state index contributed by atoms with van der Waals surface area (Å²) in [6, 6.07) is 7.06. The molecule has 2 rings (SSSR count). The van der Waals surface area contributed by atoms with Crippen molar-refractivity contribution < 1.29 is 21.3 Å². The number of primary sulfonamides is 1. The van der Waals surface area contributed by atoms with Gasteiger partial charge in [0.15, 0.2) is 0 Å². The summed E-state index contributed by atoms with van der Waals surface area (Å²) in [6.07, 6.45) is 0.856. The van der Waals surface area contributed by atoms with Crippen LogP contribution in [0.15, 0.2) is 55.9 Å². The van der Waals surface area contributed by atoms with Gasteiger partial charge >= 0.3 is 0 Å². The Kier molecular flexibility index (Phi) is 3.25. The van der Waals surface area contributed by atoms with Crippen molar-refractivity contribution in [1.82, 2.24) is 0 Å². The van der Waals surface area contributed by atoms with E-state index in [1.165, 1.54) is 12.1 Å². The van der Waals surface area contributed by atoms with E-state index in [9.17, 15) is 16.8 Å². The highest BCUT2D eigenvalue weighted by Gasteiger charge is 2.23. The topological polar surface area (TPSA) is 107 Å². The number of benzene rings is 1. The maximum Gasteiger partial charge on any atom is 0.271 e. The molecule has 2 N–H and O–H groups in total. The molecule has 0 fully saturated rings. The fraction of sp³-hybridized carbons (Fsp3) is 0.0909. The van der Waals surface area contributed by atoms with Crippen LogP contribution in [0.25, 0.3) is 0 Å². The number of rotatable bonds is 3. The predicted octanol–water partition coefficient (Wildman–Crippen LogP) is 1.07. The lowest BCUT2D eigenvalue weighted by Crippen LogP contribution is -2.11. The van der Waals surface area contributed by atoms with Crippen LogP contribution in [0.2, 0.25) is 0 Å². The molecule has 0 amide bonds. The molecule has 0 saturated carbocycles. The Morgan fingerprint density at radius 3 is 2.05 bits per heavy atom. The zero-order chi connectivity index (χ0) is 14.3. The Hall–Kier alpha value is -1.64. The lowest BCUT2D eigenvalue weighted by Gasteiger charge is -2.01. The average Bonchev–Trinajstić information content (AvgIpc) is 2.79. The Labute approximate surface area is 110 Å². The van der Waals surface area contributed by atoms with E-state index in [1.807, 2.05) is 6.92 Å². The normalized spacial score (nSPS) is 12.5. The summed E-state index contributed by atoms with van der Waals surface area (Å²) in [7, 11) is -7.87. The van der Waals surface area contributed by atoms with Crippen molar-refractivity contribution in [2.45, 2.75) is 21.8 Å². The summed E-state index contributed by atoms with van der Waals surface area (Å²) < 4.78 is 51.1. The van der Waals surface area contributed by atoms with Crippen molar-refractivity contribution in [1.29, 1.82) is 0 Å². The molecule has 1 heterocycles. The van der Waals surface area contributed by atoms with Gasteiger partial charge in [0.2, 0.25) is 14.9 Å². The second-order valence-corrected chi connectivity index (χ2v) is 7.41. The van der Waals surface area contributed by atoms with E-state index in [1.54, 1.807) is 12.1 Å². The third-order valence-corrected chi connectivity index (χ3v) is 4.98. The molecular formula is C11H11NO5S2. The molecule has 0 saturated heterocycles. The number of hydrogen-bond acceptors (Lipinski definition) is 5. The van der Waals surface area contributed by atoms with Crippen molar-refractivity contribution in [3.8, 4) is 0 Å². The highest BCUT2D eigenvalue weighted by atomic mass is 32.2. The van der Waals surface area contributed by atoms with Gasteiger partial charge in [-0.1, -0.05) is 17.7 Å². The molecule has 0 spiro atoms. The average molecular weight is 301 g/mol. The first kappa shape index (κ1) is 13.8. The number of sulfonamides is 1. The molecule has 0 unspecified atom stereocenters. The largest absolute Gasteiger partial charge is 0.450 e. The van der Waals surface area contributed by atoms with E-state index in [-0.39, 0.29) is 9.79 Å². The van der Waals surface area contributed by atoms with Crippen molar-refractivity contribution in [2.75, 3.05) is 0 Å². The number of sulfone groups is 1. The van der Waals surface area contributed by atoms with Gasteiger partial charge in [-0.15, -0.1) is 0 Å². The van der Waals surface area contributed by atoms with Crippen LogP contribution in [-0.2, 0) is 19.9 Å². The van der Waals surface area contributed by atoms with Gasteiger partial charge in [-0.3, -0.25) is 0 Å². The van der Waals surface area contributed by atoms with E-state index in [0.717, 1.165) is 17.9 Å². The first-order valence-corrected chi connectivity index (χ1v) is 8.17. The minimum atomic E-state index is -4.06. The maximum atomic E-state index is 12.2. The van der Waals surface area contributed by atoms with Gasteiger partial charge in [-0.2, -0.15) is 0 Å². The molecule has 6 nitrogen and oxygen atoms in total. The van der Waals surface area contributed by atoms with E-state index < -0.39 is 25.0 Å². The van der Waals surface area contributed by atoms with Crippen LogP contribution in [0.5, 0.6) is 0 Å². The predicted molar refractivity (Wildman–Crippen MR) is 66.7 cm³/mol. The van der Waals surface area contributed by atoms with E-state index in [2.05, 4.69) is 4.42 Å². The summed E-state index contributed by atoms with van der Waals surface area (Å²) in [4.78, 5) is -0.194. The van der Waals surface area contributed by atoms with Crippen LogP contribution in [0, 0.1) is 6.92 Å². The second-order valence-electron chi connectivity index (χ2n) is 3.96. The number of furan rings is 1. The zero-order valence-corrected chi connectivity index (χ0v) is 11.5. The molecule has 0 aliphatic rings. The van der Waals surface area contributed by atoms with Crippen molar-refractivity contribution in [2.24, 2.45) is 5.14 Å². The molecule has 0 atom stereocenters. The Balaban J connectivity index is 2.51. The number of aryl methyl sites for hydroxylation is 1. The van der Waals surface area contributed by atoms with Crippen LogP contribution >= 0.6 is 0 Å². The lowest BCUT2D eigenvalue weighted by molar-refractivity contribution is 0.448. The SMILES string of the molecule is Cc1ccc(S(=O)(=O)c2coc(S(N)(=O)=O)c2)cc1. The molecule has 0 radical (unpaired) electrons. The Morgan fingerprint density at radius 2 is 1.58 bits per heavy atom. The van der Waals surface area contributed by atoms with Crippen LogP contribution in [0.3, 0.4) is 0 Å². The van der Waals surface area contributed by atoms with Gasteiger partial charge in [0, 0.05) is 6.07 Å². The highest BCUT2D eigenvalue weighted by molar-refractivity contribution is 7.91. The van der Waals surface area contributed by atoms with Crippen molar-refractivity contribution >= 4 is 19.9 Å². The molecule has 2 aromatic rings. The van der Waals surface area contributed by atoms with E-state index in [4.69, 9.17) is 5.14 Å². The van der Waals surface area contributed by atoms with Crippen LogP contribution < -0.4 is 5.14 Å². The third-order valence-electron chi connectivity index (χ3n) is 2.47. The first-order valence-electron chi connectivity index (χ1n) is 5.14. The minimum absolute atomic E-state index is 0.0554. The first-order chi connectivity index (χ1) is 8.71. The maximum absolute atomic E-state index is 12.2. The quantitative estimate of drug-likeness (QED) is 0.912. The molecule has 0 aliphatic carbocycles. The number of nitrogens with two attached hydrogens (primary N) is 1. The summed E-state index contributed by atoms with van der Waals surface area (Å²) in [6.45, 7) is 1.83. The molecule has 8 heteroatoms. The second kappa shape index (κ2) is 4.48. The molecular weight excluding hydrogens is 290 g/mol. The molecule has 1 aromatic carbocycles. The van der Waals surface area contributed by atoms with Gasteiger partial charge < -0.3 is 4.42 Å². The summed E-state index contributed by atoms with van der Waals surface area (Å²) in [5, 5.41) is 4.27. The Morgan fingerprint density at radius 1 is 1.00 bits per heavy atom. The monoisotopic (exact) mass is 301 g/mol. The molecule has 19 heavy (non-hydrogen) atoms. The van der Waals surface area contributed by atoms with E-state index >= 15 is 0 Å². The summed E-state index contributed by atoms with van der Waals surface area (Å²) >= 11 is 0. The van der Waals surface area contributed by atoms with Crippen molar-refractivity contribution in [3.05, 3.63) is 42.2 Å².